The zero-order chi connectivity index (χ0) is 11.4. The van der Waals surface area contributed by atoms with Crippen molar-refractivity contribution in [3.63, 3.8) is 0 Å². The average Bonchev–Trinajstić information content (AvgIpc) is 2.35. The zero-order valence-electron chi connectivity index (χ0n) is 9.66. The van der Waals surface area contributed by atoms with Crippen LogP contribution >= 0.6 is 0 Å². The Morgan fingerprint density at radius 2 is 2.12 bits per heavy atom. The average molecular weight is 216 g/mol. The van der Waals surface area contributed by atoms with Crippen LogP contribution in [0.3, 0.4) is 0 Å². The predicted octanol–water partition coefficient (Wildman–Crippen LogP) is 3.07. The molecule has 0 amide bonds. The fourth-order valence-corrected chi connectivity index (χ4v) is 1.58. The summed E-state index contributed by atoms with van der Waals surface area (Å²) in [5.41, 5.74) is 0.988. The lowest BCUT2D eigenvalue weighted by molar-refractivity contribution is 0.415. The predicted molar refractivity (Wildman–Crippen MR) is 67.1 cm³/mol. The van der Waals surface area contributed by atoms with Gasteiger partial charge in [-0.05, 0) is 36.8 Å². The van der Waals surface area contributed by atoms with Crippen molar-refractivity contribution in [1.82, 2.24) is 4.98 Å². The van der Waals surface area contributed by atoms with Crippen molar-refractivity contribution in [1.29, 1.82) is 0 Å². The van der Waals surface area contributed by atoms with Gasteiger partial charge in [0.15, 0.2) is 0 Å². The Balaban J connectivity index is 2.32. The van der Waals surface area contributed by atoms with Gasteiger partial charge >= 0.3 is 0 Å². The first-order valence-electron chi connectivity index (χ1n) is 5.52. The van der Waals surface area contributed by atoms with Crippen LogP contribution in [-0.4, -0.2) is 18.6 Å². The third kappa shape index (κ3) is 2.24. The molecule has 3 heteroatoms. The molecular weight excluding hydrogens is 200 g/mol. The van der Waals surface area contributed by atoms with Crippen LogP contribution in [0.25, 0.3) is 10.9 Å². The number of nitrogens with one attached hydrogen (secondary N) is 1. The van der Waals surface area contributed by atoms with Gasteiger partial charge in [-0.1, -0.05) is 6.92 Å². The highest BCUT2D eigenvalue weighted by molar-refractivity contribution is 5.81. The number of fused-ring (bicyclic) bond motifs is 1. The fraction of sp³-hybridized carbons (Fsp3) is 0.308. The van der Waals surface area contributed by atoms with Crippen molar-refractivity contribution in [3.8, 4) is 5.75 Å². The van der Waals surface area contributed by atoms with Gasteiger partial charge in [0.2, 0.25) is 0 Å². The van der Waals surface area contributed by atoms with E-state index in [-0.39, 0.29) is 0 Å². The monoisotopic (exact) mass is 216 g/mol. The summed E-state index contributed by atoms with van der Waals surface area (Å²) in [5, 5.41) is 4.37. The standard InChI is InChI=1S/C13H16N2O/c1-3-8-14-13-7-4-10-9-11(16-2)5-6-12(10)15-13/h4-7,9H,3,8H2,1-2H3,(H,14,15). The van der Waals surface area contributed by atoms with E-state index in [0.717, 1.165) is 35.4 Å². The molecule has 0 aliphatic rings. The Kier molecular flexibility index (Phi) is 3.25. The van der Waals surface area contributed by atoms with Gasteiger partial charge in [-0.2, -0.15) is 0 Å². The maximum atomic E-state index is 5.17. The van der Waals surface area contributed by atoms with Crippen LogP contribution < -0.4 is 10.1 Å². The molecule has 2 aromatic rings. The van der Waals surface area contributed by atoms with E-state index in [9.17, 15) is 0 Å². The van der Waals surface area contributed by atoms with Crippen molar-refractivity contribution in [2.75, 3.05) is 19.0 Å². The first-order valence-corrected chi connectivity index (χ1v) is 5.52. The normalized spacial score (nSPS) is 10.4. The van der Waals surface area contributed by atoms with Gasteiger partial charge in [-0.15, -0.1) is 0 Å². The minimum Gasteiger partial charge on any atom is -0.497 e. The molecule has 0 saturated carbocycles. The number of pyridine rings is 1. The van der Waals surface area contributed by atoms with Gasteiger partial charge in [-0.3, -0.25) is 0 Å². The lowest BCUT2D eigenvalue weighted by Crippen LogP contribution is -2.01. The molecule has 2 rings (SSSR count). The van der Waals surface area contributed by atoms with E-state index < -0.39 is 0 Å². The molecule has 0 spiro atoms. The Morgan fingerprint density at radius 1 is 1.25 bits per heavy atom. The third-order valence-corrected chi connectivity index (χ3v) is 2.45. The second-order valence-electron chi connectivity index (χ2n) is 3.68. The summed E-state index contributed by atoms with van der Waals surface area (Å²) < 4.78 is 5.17. The summed E-state index contributed by atoms with van der Waals surface area (Å²) in [6.45, 7) is 3.09. The molecule has 0 aliphatic heterocycles. The molecule has 0 unspecified atom stereocenters. The van der Waals surface area contributed by atoms with E-state index in [4.69, 9.17) is 4.74 Å². The first-order chi connectivity index (χ1) is 7.83. The number of rotatable bonds is 4. The maximum absolute atomic E-state index is 5.17. The number of hydrogen-bond acceptors (Lipinski definition) is 3. The van der Waals surface area contributed by atoms with Crippen LogP contribution in [-0.2, 0) is 0 Å². The zero-order valence-corrected chi connectivity index (χ0v) is 9.66. The molecular formula is C13H16N2O. The largest absolute Gasteiger partial charge is 0.497 e. The Labute approximate surface area is 95.5 Å². The number of methoxy groups -OCH3 is 1. The van der Waals surface area contributed by atoms with Crippen molar-refractivity contribution >= 4 is 16.7 Å². The van der Waals surface area contributed by atoms with E-state index in [2.05, 4.69) is 23.3 Å². The summed E-state index contributed by atoms with van der Waals surface area (Å²) in [7, 11) is 1.67. The van der Waals surface area contributed by atoms with Crippen LogP contribution in [0.15, 0.2) is 30.3 Å². The molecule has 84 valence electrons. The minimum absolute atomic E-state index is 0.864. The molecule has 16 heavy (non-hydrogen) atoms. The van der Waals surface area contributed by atoms with Gasteiger partial charge < -0.3 is 10.1 Å². The number of benzene rings is 1. The van der Waals surface area contributed by atoms with Crippen molar-refractivity contribution in [2.24, 2.45) is 0 Å². The summed E-state index contributed by atoms with van der Waals surface area (Å²) in [6.07, 6.45) is 1.10. The highest BCUT2D eigenvalue weighted by atomic mass is 16.5. The quantitative estimate of drug-likeness (QED) is 0.852. The van der Waals surface area contributed by atoms with Gasteiger partial charge in [0.05, 0.1) is 12.6 Å². The highest BCUT2D eigenvalue weighted by Gasteiger charge is 1.99. The highest BCUT2D eigenvalue weighted by Crippen LogP contribution is 2.20. The molecule has 3 nitrogen and oxygen atoms in total. The number of aromatic nitrogens is 1. The number of ether oxygens (including phenoxy) is 1. The number of hydrogen-bond donors (Lipinski definition) is 1. The summed E-state index contributed by atoms with van der Waals surface area (Å²) in [6, 6.07) is 9.95. The Bertz CT molecular complexity index is 482. The van der Waals surface area contributed by atoms with E-state index >= 15 is 0 Å². The van der Waals surface area contributed by atoms with E-state index in [1.54, 1.807) is 7.11 Å². The van der Waals surface area contributed by atoms with E-state index in [1.165, 1.54) is 0 Å². The van der Waals surface area contributed by atoms with Crippen LogP contribution in [0.4, 0.5) is 5.82 Å². The number of nitrogens with zero attached hydrogens (tertiary/aromatic N) is 1. The lowest BCUT2D eigenvalue weighted by Gasteiger charge is -2.06. The minimum atomic E-state index is 0.864. The summed E-state index contributed by atoms with van der Waals surface area (Å²) in [5.74, 6) is 1.79. The molecule has 1 N–H and O–H groups in total. The molecule has 0 aliphatic carbocycles. The molecule has 1 heterocycles. The second-order valence-corrected chi connectivity index (χ2v) is 3.68. The van der Waals surface area contributed by atoms with E-state index in [1.807, 2.05) is 24.3 Å². The number of anilines is 1. The first kappa shape index (κ1) is 10.7. The molecule has 0 saturated heterocycles. The molecule has 0 bridgehead atoms. The fourth-order valence-electron chi connectivity index (χ4n) is 1.58. The van der Waals surface area contributed by atoms with Crippen LogP contribution in [0.2, 0.25) is 0 Å². The van der Waals surface area contributed by atoms with Gasteiger partial charge in [-0.25, -0.2) is 4.98 Å². The molecule has 1 aromatic carbocycles. The second kappa shape index (κ2) is 4.84. The van der Waals surface area contributed by atoms with Gasteiger partial charge in [0, 0.05) is 11.9 Å². The summed E-state index contributed by atoms with van der Waals surface area (Å²) in [4.78, 5) is 4.52. The maximum Gasteiger partial charge on any atom is 0.126 e. The van der Waals surface area contributed by atoms with Gasteiger partial charge in [0.25, 0.3) is 0 Å². The van der Waals surface area contributed by atoms with E-state index in [0.29, 0.717) is 0 Å². The van der Waals surface area contributed by atoms with Crippen LogP contribution in [0, 0.1) is 0 Å². The molecule has 1 aromatic heterocycles. The van der Waals surface area contributed by atoms with Crippen molar-refractivity contribution < 1.29 is 4.74 Å². The van der Waals surface area contributed by atoms with Crippen molar-refractivity contribution in [2.45, 2.75) is 13.3 Å². The SMILES string of the molecule is CCCNc1ccc2cc(OC)ccc2n1. The Morgan fingerprint density at radius 3 is 2.88 bits per heavy atom. The third-order valence-electron chi connectivity index (χ3n) is 2.45. The lowest BCUT2D eigenvalue weighted by atomic mass is 10.2. The van der Waals surface area contributed by atoms with Crippen LogP contribution in [0.1, 0.15) is 13.3 Å². The van der Waals surface area contributed by atoms with Crippen molar-refractivity contribution in [3.05, 3.63) is 30.3 Å². The summed E-state index contributed by atoms with van der Waals surface area (Å²) >= 11 is 0. The van der Waals surface area contributed by atoms with Gasteiger partial charge in [0.1, 0.15) is 11.6 Å². The van der Waals surface area contributed by atoms with Crippen LogP contribution in [0.5, 0.6) is 5.75 Å². The smallest absolute Gasteiger partial charge is 0.126 e. The molecule has 0 fully saturated rings. The molecule has 0 radical (unpaired) electrons. The Hall–Kier alpha value is -1.77. The topological polar surface area (TPSA) is 34.1 Å². The molecule has 0 atom stereocenters.